The van der Waals surface area contributed by atoms with E-state index in [1.807, 2.05) is 0 Å². The molecule has 0 aromatic heterocycles. The van der Waals surface area contributed by atoms with Crippen LogP contribution in [0.5, 0.6) is 0 Å². The zero-order chi connectivity index (χ0) is 15.4. The molecule has 0 aromatic rings. The van der Waals surface area contributed by atoms with Crippen molar-refractivity contribution in [3.8, 4) is 0 Å². The Morgan fingerprint density at radius 1 is 0.524 bits per heavy atom. The Bertz CT molecular complexity index is 220. The Balaban J connectivity index is 3.03. The summed E-state index contributed by atoms with van der Waals surface area (Å²) in [6.45, 7) is 2.28. The molecule has 0 rings (SSSR count). The molecule has 1 heteroatoms. The van der Waals surface area contributed by atoms with Gasteiger partial charge in [0.1, 0.15) is 6.29 Å². The molecule has 1 nitrogen and oxygen atoms in total. The molecule has 21 heavy (non-hydrogen) atoms. The Morgan fingerprint density at radius 3 is 1.33 bits per heavy atom. The third-order valence-corrected chi connectivity index (χ3v) is 4.08. The second kappa shape index (κ2) is 19.4. The molecular weight excluding hydrogens is 256 g/mol. The summed E-state index contributed by atoms with van der Waals surface area (Å²) in [7, 11) is 0. The van der Waals surface area contributed by atoms with E-state index in [0.29, 0.717) is 0 Å². The van der Waals surface area contributed by atoms with Crippen LogP contribution < -0.4 is 0 Å². The van der Waals surface area contributed by atoms with Crippen LogP contribution in [-0.4, -0.2) is 6.29 Å². The van der Waals surface area contributed by atoms with Crippen molar-refractivity contribution in [3.05, 3.63) is 12.2 Å². The smallest absolute Gasteiger partial charge is 0.119 e. The normalized spacial score (nSPS) is 11.3. The molecule has 0 spiro atoms. The van der Waals surface area contributed by atoms with Crippen LogP contribution in [0.25, 0.3) is 0 Å². The van der Waals surface area contributed by atoms with Crippen LogP contribution in [0.1, 0.15) is 110 Å². The number of unbranched alkanes of at least 4 members (excludes halogenated alkanes) is 14. The fourth-order valence-electron chi connectivity index (χ4n) is 2.65. The van der Waals surface area contributed by atoms with Gasteiger partial charge in [0.05, 0.1) is 0 Å². The van der Waals surface area contributed by atoms with Gasteiger partial charge >= 0.3 is 0 Å². The molecule has 0 N–H and O–H groups in total. The lowest BCUT2D eigenvalue weighted by Crippen LogP contribution is -1.81. The first-order valence-corrected chi connectivity index (χ1v) is 9.50. The highest BCUT2D eigenvalue weighted by Gasteiger charge is 1.91. The Labute approximate surface area is 133 Å². The van der Waals surface area contributed by atoms with Gasteiger partial charge in [-0.3, -0.25) is 0 Å². The summed E-state index contributed by atoms with van der Waals surface area (Å²) in [6, 6.07) is 0. The van der Waals surface area contributed by atoms with E-state index in [2.05, 4.69) is 19.1 Å². The second-order valence-electron chi connectivity index (χ2n) is 6.25. The van der Waals surface area contributed by atoms with Crippen molar-refractivity contribution in [1.82, 2.24) is 0 Å². The van der Waals surface area contributed by atoms with E-state index < -0.39 is 0 Å². The topological polar surface area (TPSA) is 17.1 Å². The predicted molar refractivity (Wildman–Crippen MR) is 94.8 cm³/mol. The standard InChI is InChI=1S/C20H38O/c1-2-3-4-5-6-7-8-9-10-11-12-13-14-15-16-17-18-19-20-21/h12-13,20H,2-11,14-19H2,1H3/b13-12-. The van der Waals surface area contributed by atoms with Crippen molar-refractivity contribution in [2.24, 2.45) is 0 Å². The van der Waals surface area contributed by atoms with Gasteiger partial charge in [-0.05, 0) is 32.1 Å². The minimum atomic E-state index is 0.744. The van der Waals surface area contributed by atoms with Crippen molar-refractivity contribution >= 4 is 6.29 Å². The van der Waals surface area contributed by atoms with Gasteiger partial charge in [-0.15, -0.1) is 0 Å². The van der Waals surface area contributed by atoms with Crippen LogP contribution in [0, 0.1) is 0 Å². The number of carbonyl (C=O) groups excluding carboxylic acids is 1. The molecule has 0 saturated carbocycles. The second-order valence-corrected chi connectivity index (χ2v) is 6.25. The molecule has 0 aromatic carbocycles. The monoisotopic (exact) mass is 294 g/mol. The van der Waals surface area contributed by atoms with E-state index in [-0.39, 0.29) is 0 Å². The Morgan fingerprint density at radius 2 is 0.905 bits per heavy atom. The summed E-state index contributed by atoms with van der Waals surface area (Å²) >= 11 is 0. The molecule has 0 aliphatic carbocycles. The third-order valence-electron chi connectivity index (χ3n) is 4.08. The zero-order valence-corrected chi connectivity index (χ0v) is 14.5. The maximum absolute atomic E-state index is 10.2. The van der Waals surface area contributed by atoms with Crippen molar-refractivity contribution in [1.29, 1.82) is 0 Å². The maximum atomic E-state index is 10.2. The minimum absolute atomic E-state index is 0.744. The van der Waals surface area contributed by atoms with Crippen LogP contribution in [0.15, 0.2) is 12.2 Å². The highest BCUT2D eigenvalue weighted by molar-refractivity contribution is 5.48. The number of aldehydes is 1. The van der Waals surface area contributed by atoms with Gasteiger partial charge in [0.25, 0.3) is 0 Å². The van der Waals surface area contributed by atoms with Crippen molar-refractivity contribution < 1.29 is 4.79 Å². The molecule has 0 aliphatic rings. The lowest BCUT2D eigenvalue weighted by Gasteiger charge is -2.00. The summed E-state index contributed by atoms with van der Waals surface area (Å²) in [5.41, 5.74) is 0. The minimum Gasteiger partial charge on any atom is -0.303 e. The molecule has 124 valence electrons. The fourth-order valence-corrected chi connectivity index (χ4v) is 2.65. The molecule has 0 saturated heterocycles. The number of hydrogen-bond donors (Lipinski definition) is 0. The zero-order valence-electron chi connectivity index (χ0n) is 14.5. The van der Waals surface area contributed by atoms with E-state index >= 15 is 0 Å². The van der Waals surface area contributed by atoms with Crippen LogP contribution in [0.2, 0.25) is 0 Å². The predicted octanol–water partition coefficient (Wildman–Crippen LogP) is 7.00. The first kappa shape index (κ1) is 20.4. The molecule has 0 fully saturated rings. The molecule has 0 heterocycles. The van der Waals surface area contributed by atoms with Crippen LogP contribution in [-0.2, 0) is 4.79 Å². The van der Waals surface area contributed by atoms with Gasteiger partial charge in [0, 0.05) is 6.42 Å². The van der Waals surface area contributed by atoms with Crippen molar-refractivity contribution in [2.75, 3.05) is 0 Å². The molecular formula is C20H38O. The van der Waals surface area contributed by atoms with E-state index in [0.717, 1.165) is 19.1 Å². The molecule has 0 radical (unpaired) electrons. The van der Waals surface area contributed by atoms with Gasteiger partial charge in [-0.25, -0.2) is 0 Å². The van der Waals surface area contributed by atoms with Crippen molar-refractivity contribution in [2.45, 2.75) is 110 Å². The maximum Gasteiger partial charge on any atom is 0.119 e. The van der Waals surface area contributed by atoms with Crippen molar-refractivity contribution in [3.63, 3.8) is 0 Å². The third kappa shape index (κ3) is 19.4. The number of allylic oxidation sites excluding steroid dienone is 2. The number of hydrogen-bond acceptors (Lipinski definition) is 1. The summed E-state index contributed by atoms with van der Waals surface area (Å²) < 4.78 is 0. The van der Waals surface area contributed by atoms with Gasteiger partial charge in [0.2, 0.25) is 0 Å². The van der Waals surface area contributed by atoms with Crippen LogP contribution in [0.3, 0.4) is 0 Å². The SMILES string of the molecule is CCCCCCCCCCC/C=C\CCCCCCC=O. The van der Waals surface area contributed by atoms with Gasteiger partial charge in [0.15, 0.2) is 0 Å². The highest BCUT2D eigenvalue weighted by Crippen LogP contribution is 2.11. The Kier molecular flexibility index (Phi) is 18.9. The van der Waals surface area contributed by atoms with E-state index in [1.165, 1.54) is 89.9 Å². The van der Waals surface area contributed by atoms with Crippen LogP contribution in [0.4, 0.5) is 0 Å². The van der Waals surface area contributed by atoms with E-state index in [9.17, 15) is 4.79 Å². The molecule has 0 bridgehead atoms. The van der Waals surface area contributed by atoms with Crippen LogP contribution >= 0.6 is 0 Å². The average molecular weight is 295 g/mol. The first-order valence-electron chi connectivity index (χ1n) is 9.50. The highest BCUT2D eigenvalue weighted by atomic mass is 16.1. The summed E-state index contributed by atoms with van der Waals surface area (Å²) in [5.74, 6) is 0. The lowest BCUT2D eigenvalue weighted by molar-refractivity contribution is -0.107. The molecule has 0 amide bonds. The van der Waals surface area contributed by atoms with E-state index in [4.69, 9.17) is 0 Å². The average Bonchev–Trinajstić information content (AvgIpc) is 2.50. The molecule has 0 aliphatic heterocycles. The van der Waals surface area contributed by atoms with E-state index in [1.54, 1.807) is 0 Å². The molecule has 0 unspecified atom stereocenters. The van der Waals surface area contributed by atoms with Gasteiger partial charge in [-0.2, -0.15) is 0 Å². The fraction of sp³-hybridized carbons (Fsp3) is 0.850. The number of carbonyl (C=O) groups is 1. The summed E-state index contributed by atoms with van der Waals surface area (Å²) in [6.07, 6.45) is 26.6. The summed E-state index contributed by atoms with van der Waals surface area (Å²) in [4.78, 5) is 10.2. The van der Waals surface area contributed by atoms with Gasteiger partial charge < -0.3 is 4.79 Å². The first-order chi connectivity index (χ1) is 10.4. The summed E-state index contributed by atoms with van der Waals surface area (Å²) in [5, 5.41) is 0. The van der Waals surface area contributed by atoms with Gasteiger partial charge in [-0.1, -0.05) is 83.3 Å². The lowest BCUT2D eigenvalue weighted by atomic mass is 10.1. The largest absolute Gasteiger partial charge is 0.303 e. The number of rotatable bonds is 17. The Hall–Kier alpha value is -0.590. The quantitative estimate of drug-likeness (QED) is 0.160. The molecule has 0 atom stereocenters.